The molecule has 158 valence electrons. The molecule has 3 aromatic rings. The van der Waals surface area contributed by atoms with Crippen LogP contribution in [0.25, 0.3) is 11.3 Å². The number of hydrogen-bond acceptors (Lipinski definition) is 3. The SMILES string of the molecule is CCCCOc1ccc(C(=O)N=c2sc(C)c(-c3ccc(Cl)c(Cl)c3)n2CC)cc1. The monoisotopic (exact) mass is 462 g/mol. The second-order valence-corrected chi connectivity index (χ2v) is 8.80. The highest BCUT2D eigenvalue weighted by Gasteiger charge is 2.14. The second kappa shape index (κ2) is 10.3. The largest absolute Gasteiger partial charge is 0.494 e. The molecule has 0 saturated heterocycles. The minimum Gasteiger partial charge on any atom is -0.494 e. The van der Waals surface area contributed by atoms with Crippen LogP contribution in [0.3, 0.4) is 0 Å². The number of benzene rings is 2. The van der Waals surface area contributed by atoms with Crippen LogP contribution in [0.2, 0.25) is 10.0 Å². The van der Waals surface area contributed by atoms with E-state index in [0.717, 1.165) is 34.7 Å². The number of ether oxygens (including phenoxy) is 1. The number of aromatic nitrogens is 1. The molecule has 0 N–H and O–H groups in total. The van der Waals surface area contributed by atoms with Crippen LogP contribution in [-0.2, 0) is 6.54 Å². The van der Waals surface area contributed by atoms with E-state index < -0.39 is 0 Å². The van der Waals surface area contributed by atoms with Crippen LogP contribution in [0.15, 0.2) is 47.5 Å². The summed E-state index contributed by atoms with van der Waals surface area (Å²) in [4.78, 5) is 18.9. The van der Waals surface area contributed by atoms with E-state index >= 15 is 0 Å². The number of halogens is 2. The van der Waals surface area contributed by atoms with Crippen molar-refractivity contribution >= 4 is 40.4 Å². The van der Waals surface area contributed by atoms with Gasteiger partial charge in [-0.1, -0.05) is 42.6 Å². The molecule has 1 heterocycles. The van der Waals surface area contributed by atoms with Crippen LogP contribution in [0.4, 0.5) is 0 Å². The van der Waals surface area contributed by atoms with Crippen molar-refractivity contribution < 1.29 is 9.53 Å². The zero-order valence-corrected chi connectivity index (χ0v) is 19.6. The fourth-order valence-corrected chi connectivity index (χ4v) is 4.44. The maximum Gasteiger partial charge on any atom is 0.279 e. The lowest BCUT2D eigenvalue weighted by Crippen LogP contribution is -2.17. The third-order valence-corrected chi connectivity index (χ3v) is 6.39. The highest BCUT2D eigenvalue weighted by molar-refractivity contribution is 7.09. The van der Waals surface area contributed by atoms with Gasteiger partial charge >= 0.3 is 0 Å². The van der Waals surface area contributed by atoms with E-state index in [4.69, 9.17) is 27.9 Å². The fourth-order valence-electron chi connectivity index (χ4n) is 3.08. The molecule has 2 aromatic carbocycles. The average Bonchev–Trinajstić information content (AvgIpc) is 3.05. The highest BCUT2D eigenvalue weighted by Crippen LogP contribution is 2.31. The number of amides is 1. The maximum atomic E-state index is 12.8. The quantitative estimate of drug-likeness (QED) is 0.363. The Balaban J connectivity index is 1.91. The van der Waals surface area contributed by atoms with Gasteiger partial charge in [0, 0.05) is 22.5 Å². The lowest BCUT2D eigenvalue weighted by atomic mass is 10.1. The van der Waals surface area contributed by atoms with Crippen molar-refractivity contribution in [2.45, 2.75) is 40.2 Å². The number of carbonyl (C=O) groups excluding carboxylic acids is 1. The number of hydrogen-bond donors (Lipinski definition) is 0. The molecule has 4 nitrogen and oxygen atoms in total. The van der Waals surface area contributed by atoms with Gasteiger partial charge in [-0.2, -0.15) is 4.99 Å². The van der Waals surface area contributed by atoms with Gasteiger partial charge in [-0.05, 0) is 56.7 Å². The second-order valence-electron chi connectivity index (χ2n) is 6.81. The Kier molecular flexibility index (Phi) is 7.75. The lowest BCUT2D eigenvalue weighted by Gasteiger charge is -2.09. The van der Waals surface area contributed by atoms with Crippen LogP contribution in [0.1, 0.15) is 41.9 Å². The minimum absolute atomic E-state index is 0.278. The van der Waals surface area contributed by atoms with Gasteiger partial charge < -0.3 is 9.30 Å². The molecule has 1 amide bonds. The topological polar surface area (TPSA) is 43.6 Å². The van der Waals surface area contributed by atoms with Crippen LogP contribution < -0.4 is 9.54 Å². The Morgan fingerprint density at radius 3 is 2.47 bits per heavy atom. The minimum atomic E-state index is -0.278. The number of aryl methyl sites for hydroxylation is 1. The fraction of sp³-hybridized carbons (Fsp3) is 0.304. The predicted octanol–water partition coefficient (Wildman–Crippen LogP) is 6.77. The Morgan fingerprint density at radius 1 is 1.10 bits per heavy atom. The molecule has 7 heteroatoms. The first-order chi connectivity index (χ1) is 14.4. The van der Waals surface area contributed by atoms with Gasteiger partial charge in [0.2, 0.25) is 0 Å². The number of thiazole rings is 1. The van der Waals surface area contributed by atoms with Crippen molar-refractivity contribution in [1.29, 1.82) is 0 Å². The number of carbonyl (C=O) groups is 1. The molecule has 0 bridgehead atoms. The van der Waals surface area contributed by atoms with E-state index in [-0.39, 0.29) is 5.91 Å². The van der Waals surface area contributed by atoms with Crippen LogP contribution in [0.5, 0.6) is 5.75 Å². The molecule has 0 aliphatic carbocycles. The zero-order chi connectivity index (χ0) is 21.7. The highest BCUT2D eigenvalue weighted by atomic mass is 35.5. The van der Waals surface area contributed by atoms with Gasteiger partial charge in [-0.25, -0.2) is 0 Å². The molecule has 3 rings (SSSR count). The molecule has 0 saturated carbocycles. The van der Waals surface area contributed by atoms with Crippen molar-refractivity contribution in [3.63, 3.8) is 0 Å². The van der Waals surface area contributed by atoms with Gasteiger partial charge in [0.1, 0.15) is 5.75 Å². The van der Waals surface area contributed by atoms with Crippen molar-refractivity contribution in [2.75, 3.05) is 6.61 Å². The Morgan fingerprint density at radius 2 is 1.83 bits per heavy atom. The molecule has 0 aliphatic heterocycles. The first-order valence-electron chi connectivity index (χ1n) is 9.92. The summed E-state index contributed by atoms with van der Waals surface area (Å²) >= 11 is 13.8. The van der Waals surface area contributed by atoms with Gasteiger partial charge in [0.05, 0.1) is 22.3 Å². The van der Waals surface area contributed by atoms with Crippen LogP contribution in [-0.4, -0.2) is 17.1 Å². The van der Waals surface area contributed by atoms with E-state index in [2.05, 4.69) is 11.9 Å². The molecule has 30 heavy (non-hydrogen) atoms. The predicted molar refractivity (Wildman–Crippen MR) is 125 cm³/mol. The molecule has 0 unspecified atom stereocenters. The normalized spacial score (nSPS) is 11.7. The Bertz CT molecular complexity index is 1100. The Labute approximate surface area is 190 Å². The molecule has 0 spiro atoms. The first kappa shape index (κ1) is 22.6. The van der Waals surface area contributed by atoms with E-state index in [9.17, 15) is 4.79 Å². The van der Waals surface area contributed by atoms with Crippen molar-refractivity contribution in [2.24, 2.45) is 4.99 Å². The third-order valence-electron chi connectivity index (χ3n) is 4.65. The van der Waals surface area contributed by atoms with Crippen LogP contribution >= 0.6 is 34.5 Å². The first-order valence-corrected chi connectivity index (χ1v) is 11.5. The zero-order valence-electron chi connectivity index (χ0n) is 17.2. The summed E-state index contributed by atoms with van der Waals surface area (Å²) < 4.78 is 7.69. The van der Waals surface area contributed by atoms with Crippen molar-refractivity contribution in [1.82, 2.24) is 4.57 Å². The summed E-state index contributed by atoms with van der Waals surface area (Å²) in [7, 11) is 0. The van der Waals surface area contributed by atoms with E-state index in [1.165, 1.54) is 11.3 Å². The Hall–Kier alpha value is -2.08. The average molecular weight is 463 g/mol. The van der Waals surface area contributed by atoms with Gasteiger partial charge in [0.25, 0.3) is 5.91 Å². The molecule has 1 aromatic heterocycles. The standard InChI is InChI=1S/C23H24Cl2N2O2S/c1-4-6-13-29-18-10-7-16(8-11-18)22(28)26-23-27(5-2)21(15(3)30-23)17-9-12-19(24)20(25)14-17/h7-12,14H,4-6,13H2,1-3H3. The van der Waals surface area contributed by atoms with Crippen molar-refractivity contribution in [3.05, 3.63) is 67.8 Å². The maximum absolute atomic E-state index is 12.8. The third kappa shape index (κ3) is 5.15. The van der Waals surface area contributed by atoms with Crippen molar-refractivity contribution in [3.8, 4) is 17.0 Å². The number of rotatable bonds is 7. The summed E-state index contributed by atoms with van der Waals surface area (Å²) in [6.07, 6.45) is 2.09. The molecule has 0 radical (unpaired) electrons. The van der Waals surface area contributed by atoms with Gasteiger partial charge in [0.15, 0.2) is 4.80 Å². The molecular formula is C23H24Cl2N2O2S. The van der Waals surface area contributed by atoms with E-state index in [0.29, 0.717) is 33.6 Å². The van der Waals surface area contributed by atoms with E-state index in [1.807, 2.05) is 42.7 Å². The molecular weight excluding hydrogens is 439 g/mol. The summed E-state index contributed by atoms with van der Waals surface area (Å²) in [6, 6.07) is 12.7. The number of unbranched alkanes of at least 4 members (excludes halogenated alkanes) is 1. The summed E-state index contributed by atoms with van der Waals surface area (Å²) in [6.45, 7) is 7.51. The summed E-state index contributed by atoms with van der Waals surface area (Å²) in [5.74, 6) is 0.483. The summed E-state index contributed by atoms with van der Waals surface area (Å²) in [5.41, 5.74) is 2.47. The number of nitrogens with zero attached hydrogens (tertiary/aromatic N) is 2. The molecule has 0 fully saturated rings. The molecule has 0 aliphatic rings. The molecule has 0 atom stereocenters. The smallest absolute Gasteiger partial charge is 0.279 e. The van der Waals surface area contributed by atoms with Crippen LogP contribution in [0, 0.1) is 6.92 Å². The van der Waals surface area contributed by atoms with E-state index in [1.54, 1.807) is 18.2 Å². The van der Waals surface area contributed by atoms with Gasteiger partial charge in [-0.15, -0.1) is 11.3 Å². The summed E-state index contributed by atoms with van der Waals surface area (Å²) in [5, 5.41) is 1.01. The lowest BCUT2D eigenvalue weighted by molar-refractivity contribution is 0.0998. The van der Waals surface area contributed by atoms with Gasteiger partial charge in [-0.3, -0.25) is 4.79 Å².